The third kappa shape index (κ3) is 5.42. The summed E-state index contributed by atoms with van der Waals surface area (Å²) in [7, 11) is 0. The highest BCUT2D eigenvalue weighted by Gasteiger charge is 2.33. The molecule has 3 rings (SSSR count). The van der Waals surface area contributed by atoms with E-state index in [0.717, 1.165) is 54.6 Å². The Kier molecular flexibility index (Phi) is 8.40. The van der Waals surface area contributed by atoms with Gasteiger partial charge in [-0.05, 0) is 74.4 Å². The largest absolute Gasteiger partial charge is 0.493 e. The second-order valence-corrected chi connectivity index (χ2v) is 8.78. The van der Waals surface area contributed by atoms with Crippen LogP contribution in [-0.4, -0.2) is 4.70 Å². The maximum atomic E-state index is 11.4. The van der Waals surface area contributed by atoms with Gasteiger partial charge in [0.25, 0.3) is 0 Å². The first kappa shape index (κ1) is 23.2. The third-order valence-corrected chi connectivity index (χ3v) is 6.43. The van der Waals surface area contributed by atoms with E-state index >= 15 is 0 Å². The molecular weight excluding hydrogens is 376 g/mol. The lowest BCUT2D eigenvalue weighted by Gasteiger charge is -2.11. The average molecular weight is 415 g/mol. The Morgan fingerprint density at radius 2 is 1.35 bits per heavy atom. The highest BCUT2D eigenvalue weighted by atomic mass is 15.2. The zero-order valence-electron chi connectivity index (χ0n) is 19.9. The average Bonchev–Trinajstić information content (AvgIpc) is 3.04. The molecule has 164 valence electrons. The van der Waals surface area contributed by atoms with Gasteiger partial charge in [-0.1, -0.05) is 70.7 Å². The van der Waals surface area contributed by atoms with Gasteiger partial charge in [0.2, 0.25) is 11.4 Å². The Balaban J connectivity index is 1.95. The summed E-state index contributed by atoms with van der Waals surface area (Å²) in [5.74, 6) is 0. The smallest absolute Gasteiger partial charge is 0.211 e. The lowest BCUT2D eigenvalue weighted by atomic mass is 9.95. The van der Waals surface area contributed by atoms with Crippen LogP contribution < -0.4 is 0 Å². The van der Waals surface area contributed by atoms with Crippen molar-refractivity contribution >= 4 is 11.4 Å². The van der Waals surface area contributed by atoms with Crippen molar-refractivity contribution in [3.8, 4) is 0 Å². The van der Waals surface area contributed by atoms with Gasteiger partial charge in [-0.25, -0.2) is 4.70 Å². The van der Waals surface area contributed by atoms with E-state index in [1.807, 2.05) is 0 Å². The number of unbranched alkanes of at least 4 members (excludes halogenated alkanes) is 4. The third-order valence-electron chi connectivity index (χ3n) is 6.43. The number of benzene rings is 2. The van der Waals surface area contributed by atoms with E-state index in [0.29, 0.717) is 0 Å². The van der Waals surface area contributed by atoms with Crippen LogP contribution in [0.4, 0.5) is 0 Å². The number of aryl methyl sites for hydroxylation is 2. The normalized spacial score (nSPS) is 14.1. The Hall–Kier alpha value is -2.48. The van der Waals surface area contributed by atoms with Crippen molar-refractivity contribution < 1.29 is 4.70 Å². The fourth-order valence-electron chi connectivity index (χ4n) is 4.58. The van der Waals surface area contributed by atoms with Crippen molar-refractivity contribution in [3.63, 3.8) is 0 Å². The fraction of sp³-hybridized carbons (Fsp3) is 0.448. The predicted molar refractivity (Wildman–Crippen MR) is 133 cm³/mol. The first-order valence-electron chi connectivity index (χ1n) is 12.2. The molecule has 0 amide bonds. The molecule has 0 atom stereocenters. The molecule has 0 unspecified atom stereocenters. The van der Waals surface area contributed by atoms with Crippen LogP contribution in [0, 0.1) is 0 Å². The van der Waals surface area contributed by atoms with Gasteiger partial charge in [-0.15, -0.1) is 0 Å². The molecule has 0 spiro atoms. The van der Waals surface area contributed by atoms with E-state index in [1.165, 1.54) is 52.7 Å². The molecule has 1 aliphatic heterocycles. The summed E-state index contributed by atoms with van der Waals surface area (Å²) >= 11 is 0. The Labute approximate surface area is 189 Å². The maximum Gasteiger partial charge on any atom is 0.211 e. The monoisotopic (exact) mass is 414 g/mol. The number of allylic oxidation sites excluding steroid dienone is 2. The second kappa shape index (κ2) is 11.2. The van der Waals surface area contributed by atoms with Crippen molar-refractivity contribution in [2.45, 2.75) is 85.5 Å². The Morgan fingerprint density at radius 3 is 2.03 bits per heavy atom. The van der Waals surface area contributed by atoms with Gasteiger partial charge in [-0.3, -0.25) is 0 Å². The van der Waals surface area contributed by atoms with Gasteiger partial charge in [0.15, 0.2) is 0 Å². The molecule has 0 saturated carbocycles. The van der Waals surface area contributed by atoms with E-state index in [2.05, 4.69) is 76.2 Å². The lowest BCUT2D eigenvalue weighted by Crippen LogP contribution is -2.03. The fourth-order valence-corrected chi connectivity index (χ4v) is 4.58. The molecule has 2 heteroatoms. The van der Waals surface area contributed by atoms with Gasteiger partial charge in [0.1, 0.15) is 0 Å². The summed E-state index contributed by atoms with van der Waals surface area (Å²) < 4.78 is 1.46. The van der Waals surface area contributed by atoms with Crippen LogP contribution in [0.25, 0.3) is 16.9 Å². The van der Waals surface area contributed by atoms with Crippen LogP contribution >= 0.6 is 0 Å². The van der Waals surface area contributed by atoms with Crippen molar-refractivity contribution in [3.05, 3.63) is 87.5 Å². The first-order valence-corrected chi connectivity index (χ1v) is 12.2. The molecule has 0 radical (unpaired) electrons. The summed E-state index contributed by atoms with van der Waals surface area (Å²) in [6.45, 7) is 8.83. The molecular formula is C29H38N2. The van der Waals surface area contributed by atoms with Crippen molar-refractivity contribution in [2.75, 3.05) is 0 Å². The molecule has 1 heterocycles. The van der Waals surface area contributed by atoms with Gasteiger partial charge >= 0.3 is 0 Å². The molecule has 2 aromatic rings. The van der Waals surface area contributed by atoms with Crippen molar-refractivity contribution in [1.29, 1.82) is 0 Å². The molecule has 0 saturated heterocycles. The summed E-state index contributed by atoms with van der Waals surface area (Å²) in [5.41, 5.74) is 20.7. The molecule has 31 heavy (non-hydrogen) atoms. The molecule has 0 aromatic heterocycles. The highest BCUT2D eigenvalue weighted by Crippen LogP contribution is 2.42. The number of hydrogen-bond acceptors (Lipinski definition) is 0. The lowest BCUT2D eigenvalue weighted by molar-refractivity contribution is -0.345. The summed E-state index contributed by atoms with van der Waals surface area (Å²) in [6, 6.07) is 17.4. The summed E-state index contributed by atoms with van der Waals surface area (Å²) in [6.07, 6.45) is 10.4. The molecule has 0 N–H and O–H groups in total. The highest BCUT2D eigenvalue weighted by molar-refractivity contribution is 5.81. The van der Waals surface area contributed by atoms with Gasteiger partial charge in [0.05, 0.1) is 0 Å². The molecule has 2 aromatic carbocycles. The van der Waals surface area contributed by atoms with Crippen LogP contribution in [0.5, 0.6) is 0 Å². The van der Waals surface area contributed by atoms with Crippen LogP contribution in [-0.2, 0) is 12.8 Å². The Morgan fingerprint density at radius 1 is 0.710 bits per heavy atom. The maximum absolute atomic E-state index is 11.4. The summed E-state index contributed by atoms with van der Waals surface area (Å²) in [4.78, 5) is 0. The molecule has 0 bridgehead atoms. The minimum atomic E-state index is 0.943. The number of nitrogens with zero attached hydrogens (tertiary/aromatic N) is 2. The van der Waals surface area contributed by atoms with Crippen LogP contribution in [0.3, 0.4) is 0 Å². The minimum Gasteiger partial charge on any atom is -0.493 e. The molecule has 1 aliphatic rings. The minimum absolute atomic E-state index is 0.943. The van der Waals surface area contributed by atoms with E-state index in [4.69, 9.17) is 0 Å². The van der Waals surface area contributed by atoms with Crippen molar-refractivity contribution in [1.82, 2.24) is 0 Å². The standard InChI is InChI=1S/C29H38N2/c1-5-8-10-11-14-24-16-13-17-25(21-24)28-22(4)27(19-9-6-2)29(31(28)30)26-18-12-15-23(7-3)20-26/h12-13,15-18,20-21H,5-11,14,19H2,1-4H3. The molecule has 2 nitrogen and oxygen atoms in total. The van der Waals surface area contributed by atoms with Crippen molar-refractivity contribution in [2.24, 2.45) is 0 Å². The molecule has 0 aliphatic carbocycles. The SMILES string of the molecule is CCCCCCc1cccc(C2=C(C)C(CCCC)=C(c3cccc(CC)c3)[N+]2=[N-])c1. The van der Waals surface area contributed by atoms with E-state index in [-0.39, 0.29) is 0 Å². The van der Waals surface area contributed by atoms with Crippen LogP contribution in [0.1, 0.15) is 94.9 Å². The van der Waals surface area contributed by atoms with E-state index in [1.54, 1.807) is 0 Å². The predicted octanol–water partition coefficient (Wildman–Crippen LogP) is 8.75. The Bertz CT molecular complexity index is 978. The van der Waals surface area contributed by atoms with E-state index in [9.17, 15) is 5.53 Å². The quantitative estimate of drug-likeness (QED) is 0.259. The topological polar surface area (TPSA) is 25.3 Å². The number of hydrogen-bond donors (Lipinski definition) is 0. The van der Waals surface area contributed by atoms with Gasteiger partial charge < -0.3 is 5.53 Å². The van der Waals surface area contributed by atoms with Crippen LogP contribution in [0.15, 0.2) is 59.7 Å². The first-order chi connectivity index (χ1) is 15.1. The van der Waals surface area contributed by atoms with E-state index < -0.39 is 0 Å². The number of rotatable bonds is 11. The van der Waals surface area contributed by atoms with Gasteiger partial charge in [-0.2, -0.15) is 0 Å². The van der Waals surface area contributed by atoms with Crippen LogP contribution in [0.2, 0.25) is 0 Å². The zero-order chi connectivity index (χ0) is 22.2. The second-order valence-electron chi connectivity index (χ2n) is 8.78. The van der Waals surface area contributed by atoms with Gasteiger partial charge in [0, 0.05) is 22.3 Å². The molecule has 0 fully saturated rings. The zero-order valence-corrected chi connectivity index (χ0v) is 19.9. The summed E-state index contributed by atoms with van der Waals surface area (Å²) in [5, 5.41) is 0.